The van der Waals surface area contributed by atoms with Crippen LogP contribution < -0.4 is 5.73 Å². The summed E-state index contributed by atoms with van der Waals surface area (Å²) in [6.07, 6.45) is 3.88. The Labute approximate surface area is 114 Å². The standard InChI is InChI=1S/C13H15F2N5/c1-2-13(4-3-5-13)20-12(17-18-19-20)8-6-11(16)10(15)7-9(8)14/h6-7H,2-5,16H2,1H3. The number of hydrogen-bond acceptors (Lipinski definition) is 4. The van der Waals surface area contributed by atoms with Crippen molar-refractivity contribution in [3.63, 3.8) is 0 Å². The van der Waals surface area contributed by atoms with Gasteiger partial charge in [-0.1, -0.05) is 6.92 Å². The lowest BCUT2D eigenvalue weighted by Crippen LogP contribution is -2.41. The second-order valence-electron chi connectivity index (χ2n) is 5.20. The van der Waals surface area contributed by atoms with E-state index in [2.05, 4.69) is 22.4 Å². The van der Waals surface area contributed by atoms with Crippen LogP contribution in [0.25, 0.3) is 11.4 Å². The van der Waals surface area contributed by atoms with E-state index in [-0.39, 0.29) is 16.8 Å². The topological polar surface area (TPSA) is 69.6 Å². The fraction of sp³-hybridized carbons (Fsp3) is 0.462. The monoisotopic (exact) mass is 279 g/mol. The van der Waals surface area contributed by atoms with Gasteiger partial charge in [0, 0.05) is 6.07 Å². The van der Waals surface area contributed by atoms with Gasteiger partial charge in [-0.25, -0.2) is 13.5 Å². The van der Waals surface area contributed by atoms with Crippen LogP contribution in [0.4, 0.5) is 14.5 Å². The number of rotatable bonds is 3. The van der Waals surface area contributed by atoms with Crippen molar-refractivity contribution in [1.82, 2.24) is 20.2 Å². The molecule has 1 aliphatic rings. The molecule has 106 valence electrons. The summed E-state index contributed by atoms with van der Waals surface area (Å²) in [5.74, 6) is -1.19. The van der Waals surface area contributed by atoms with E-state index < -0.39 is 11.6 Å². The van der Waals surface area contributed by atoms with Crippen molar-refractivity contribution in [3.8, 4) is 11.4 Å². The first-order valence-corrected chi connectivity index (χ1v) is 6.61. The zero-order chi connectivity index (χ0) is 14.3. The number of aromatic nitrogens is 4. The molecule has 0 saturated heterocycles. The average Bonchev–Trinajstić information content (AvgIpc) is 2.83. The maximum absolute atomic E-state index is 14.0. The molecule has 0 unspecified atom stereocenters. The largest absolute Gasteiger partial charge is 0.396 e. The van der Waals surface area contributed by atoms with Crippen LogP contribution in [-0.2, 0) is 5.54 Å². The van der Waals surface area contributed by atoms with Gasteiger partial charge in [-0.05, 0) is 42.2 Å². The third kappa shape index (κ3) is 1.76. The first-order valence-electron chi connectivity index (χ1n) is 6.61. The van der Waals surface area contributed by atoms with Crippen LogP contribution in [0.15, 0.2) is 12.1 Å². The van der Waals surface area contributed by atoms with E-state index in [9.17, 15) is 8.78 Å². The third-order valence-electron chi connectivity index (χ3n) is 4.19. The average molecular weight is 279 g/mol. The van der Waals surface area contributed by atoms with Gasteiger partial charge in [0.25, 0.3) is 0 Å². The molecule has 0 spiro atoms. The van der Waals surface area contributed by atoms with E-state index in [4.69, 9.17) is 5.73 Å². The molecule has 1 aromatic heterocycles. The van der Waals surface area contributed by atoms with Crippen LogP contribution >= 0.6 is 0 Å². The second kappa shape index (κ2) is 4.50. The molecule has 1 aromatic carbocycles. The molecule has 3 rings (SSSR count). The number of tetrazole rings is 1. The predicted octanol–water partition coefficient (Wildman–Crippen LogP) is 2.49. The Balaban J connectivity index is 2.13. The summed E-state index contributed by atoms with van der Waals surface area (Å²) in [6.45, 7) is 2.06. The molecule has 1 aliphatic carbocycles. The van der Waals surface area contributed by atoms with E-state index in [1.54, 1.807) is 4.68 Å². The molecule has 2 N–H and O–H groups in total. The molecule has 20 heavy (non-hydrogen) atoms. The van der Waals surface area contributed by atoms with Crippen LogP contribution in [0.5, 0.6) is 0 Å². The summed E-state index contributed by atoms with van der Waals surface area (Å²) in [6, 6.07) is 2.01. The normalized spacial score (nSPS) is 16.9. The zero-order valence-corrected chi connectivity index (χ0v) is 11.1. The van der Waals surface area contributed by atoms with Crippen molar-refractivity contribution in [2.45, 2.75) is 38.1 Å². The van der Waals surface area contributed by atoms with Gasteiger partial charge in [-0.15, -0.1) is 5.10 Å². The van der Waals surface area contributed by atoms with Gasteiger partial charge >= 0.3 is 0 Å². The number of nitrogens with zero attached hydrogens (tertiary/aromatic N) is 4. The van der Waals surface area contributed by atoms with Gasteiger partial charge in [0.15, 0.2) is 5.82 Å². The Morgan fingerprint density at radius 3 is 2.65 bits per heavy atom. The van der Waals surface area contributed by atoms with Gasteiger partial charge in [-0.3, -0.25) is 0 Å². The van der Waals surface area contributed by atoms with Crippen molar-refractivity contribution in [1.29, 1.82) is 0 Å². The van der Waals surface area contributed by atoms with Gasteiger partial charge in [0.2, 0.25) is 0 Å². The molecule has 5 nitrogen and oxygen atoms in total. The minimum atomic E-state index is -0.779. The number of nitrogens with two attached hydrogens (primary N) is 1. The Kier molecular flexibility index (Phi) is 2.92. The summed E-state index contributed by atoms with van der Waals surface area (Å²) in [5, 5.41) is 11.6. The van der Waals surface area contributed by atoms with E-state index in [1.807, 2.05) is 0 Å². The lowest BCUT2D eigenvalue weighted by molar-refractivity contribution is 0.118. The number of anilines is 1. The van der Waals surface area contributed by atoms with Crippen molar-refractivity contribution >= 4 is 5.69 Å². The van der Waals surface area contributed by atoms with Gasteiger partial charge in [0.1, 0.15) is 11.6 Å². The molecule has 7 heteroatoms. The van der Waals surface area contributed by atoms with Crippen LogP contribution in [0.1, 0.15) is 32.6 Å². The third-order valence-corrected chi connectivity index (χ3v) is 4.19. The van der Waals surface area contributed by atoms with E-state index in [1.165, 1.54) is 6.07 Å². The van der Waals surface area contributed by atoms with Crippen LogP contribution in [0.2, 0.25) is 0 Å². The number of benzene rings is 1. The molecular weight excluding hydrogens is 264 g/mol. The first kappa shape index (κ1) is 13.0. The fourth-order valence-corrected chi connectivity index (χ4v) is 2.71. The quantitative estimate of drug-likeness (QED) is 0.876. The smallest absolute Gasteiger partial charge is 0.185 e. The molecule has 0 atom stereocenters. The molecule has 0 amide bonds. The summed E-state index contributed by atoms with van der Waals surface area (Å²) in [4.78, 5) is 0. The van der Waals surface area contributed by atoms with Crippen molar-refractivity contribution in [3.05, 3.63) is 23.8 Å². The summed E-state index contributed by atoms with van der Waals surface area (Å²) in [5.41, 5.74) is 5.37. The maximum Gasteiger partial charge on any atom is 0.185 e. The highest BCUT2D eigenvalue weighted by atomic mass is 19.1. The molecule has 0 aliphatic heterocycles. The Morgan fingerprint density at radius 2 is 2.05 bits per heavy atom. The highest BCUT2D eigenvalue weighted by molar-refractivity contribution is 5.62. The molecule has 0 radical (unpaired) electrons. The van der Waals surface area contributed by atoms with E-state index in [0.717, 1.165) is 31.7 Å². The summed E-state index contributed by atoms with van der Waals surface area (Å²) in [7, 11) is 0. The first-order chi connectivity index (χ1) is 9.57. The SMILES string of the molecule is CCC1(n2nnnc2-c2cc(N)c(F)cc2F)CCC1. The summed E-state index contributed by atoms with van der Waals surface area (Å²) < 4.78 is 28.9. The second-order valence-corrected chi connectivity index (χ2v) is 5.20. The molecular formula is C13H15F2N5. The lowest BCUT2D eigenvalue weighted by Gasteiger charge is -2.41. The Hall–Kier alpha value is -2.05. The molecule has 0 bridgehead atoms. The van der Waals surface area contributed by atoms with Crippen molar-refractivity contribution in [2.24, 2.45) is 0 Å². The predicted molar refractivity (Wildman–Crippen MR) is 69.7 cm³/mol. The van der Waals surface area contributed by atoms with Crippen molar-refractivity contribution < 1.29 is 8.78 Å². The minimum Gasteiger partial charge on any atom is -0.396 e. The maximum atomic E-state index is 14.0. The van der Waals surface area contributed by atoms with Crippen LogP contribution in [-0.4, -0.2) is 20.2 Å². The van der Waals surface area contributed by atoms with Gasteiger partial charge < -0.3 is 5.73 Å². The number of halogens is 2. The number of hydrogen-bond donors (Lipinski definition) is 1. The Morgan fingerprint density at radius 1 is 1.30 bits per heavy atom. The van der Waals surface area contributed by atoms with Crippen LogP contribution in [0.3, 0.4) is 0 Å². The van der Waals surface area contributed by atoms with Crippen molar-refractivity contribution in [2.75, 3.05) is 5.73 Å². The zero-order valence-electron chi connectivity index (χ0n) is 11.1. The Bertz CT molecular complexity index is 643. The lowest BCUT2D eigenvalue weighted by atomic mass is 9.75. The fourth-order valence-electron chi connectivity index (χ4n) is 2.71. The molecule has 1 saturated carbocycles. The molecule has 2 aromatic rings. The van der Waals surface area contributed by atoms with E-state index in [0.29, 0.717) is 5.82 Å². The highest BCUT2D eigenvalue weighted by Gasteiger charge is 2.40. The summed E-state index contributed by atoms with van der Waals surface area (Å²) >= 11 is 0. The van der Waals surface area contributed by atoms with Gasteiger partial charge in [-0.2, -0.15) is 0 Å². The van der Waals surface area contributed by atoms with Gasteiger partial charge in [0.05, 0.1) is 16.8 Å². The highest BCUT2D eigenvalue weighted by Crippen LogP contribution is 2.43. The van der Waals surface area contributed by atoms with Crippen LogP contribution in [0, 0.1) is 11.6 Å². The minimum absolute atomic E-state index is 0.116. The molecule has 1 heterocycles. The molecule has 1 fully saturated rings. The number of nitrogen functional groups attached to an aromatic ring is 1. The van der Waals surface area contributed by atoms with E-state index >= 15 is 0 Å².